The standard InChI is InChI=1S/C21H25FN4O2.C17H14BrFN2O2.C4H12N2/c1-14(23-11-12-25(2)3)20-24-19-10-9-17(28-4)13-18(19)21(27)26(20)16-7-5-15(22)6-8-16;1-10(18)16-20-15-8-7-13(23-2)9-14(15)17(22)21(16)12-5-3-11(19)4-6-12;1-6(2)4-3-5/h5-10,13-14,23H,11-12H2,1-4H3;3-10H,1-2H3;3-5H2,1-2H3. The number of alkyl halides is 1. The zero-order valence-corrected chi connectivity index (χ0v) is 35.2. The van der Waals surface area contributed by atoms with E-state index < -0.39 is 0 Å². The number of methoxy groups -OCH3 is 2. The van der Waals surface area contributed by atoms with Gasteiger partial charge in [0.1, 0.15) is 34.8 Å². The molecule has 0 saturated carbocycles. The second kappa shape index (κ2) is 20.9. The molecule has 0 spiro atoms. The SMILES string of the molecule is CN(C)CCN.COc1ccc2nc(C(C)Br)n(-c3ccc(F)cc3)c(=O)c2c1.COc1ccc2nc(C(C)NCCN(C)C)n(-c3ccc(F)cc3)c(=O)c2c1. The number of benzene rings is 4. The fraction of sp³-hybridized carbons (Fsp3) is 0.333. The summed E-state index contributed by atoms with van der Waals surface area (Å²) >= 11 is 3.47. The quantitative estimate of drug-likeness (QED) is 0.137. The first-order chi connectivity index (χ1) is 27.2. The first-order valence-electron chi connectivity index (χ1n) is 18.3. The first-order valence-corrected chi connectivity index (χ1v) is 19.2. The fourth-order valence-electron chi connectivity index (χ4n) is 5.71. The molecule has 6 aromatic rings. The molecule has 2 unspecified atom stereocenters. The van der Waals surface area contributed by atoms with Crippen LogP contribution in [0.3, 0.4) is 0 Å². The summed E-state index contributed by atoms with van der Waals surface area (Å²) in [6.45, 7) is 7.20. The molecule has 12 nitrogen and oxygen atoms in total. The highest BCUT2D eigenvalue weighted by molar-refractivity contribution is 9.09. The van der Waals surface area contributed by atoms with E-state index in [2.05, 4.69) is 36.0 Å². The van der Waals surface area contributed by atoms with Crippen LogP contribution in [0.25, 0.3) is 33.2 Å². The highest BCUT2D eigenvalue weighted by atomic mass is 79.9. The van der Waals surface area contributed by atoms with Crippen molar-refractivity contribution in [3.8, 4) is 22.9 Å². The molecule has 2 aromatic heterocycles. The van der Waals surface area contributed by atoms with E-state index in [1.807, 2.05) is 42.0 Å². The average molecular weight is 850 g/mol. The third-order valence-electron chi connectivity index (χ3n) is 8.70. The molecule has 304 valence electrons. The fourth-order valence-corrected chi connectivity index (χ4v) is 6.02. The molecule has 4 aromatic carbocycles. The molecule has 0 fully saturated rings. The molecule has 0 aliphatic rings. The minimum Gasteiger partial charge on any atom is -0.497 e. The van der Waals surface area contributed by atoms with Gasteiger partial charge in [0.25, 0.3) is 11.1 Å². The van der Waals surface area contributed by atoms with Crippen molar-refractivity contribution in [2.45, 2.75) is 24.7 Å². The van der Waals surface area contributed by atoms with E-state index in [-0.39, 0.29) is 33.6 Å². The van der Waals surface area contributed by atoms with Gasteiger partial charge >= 0.3 is 0 Å². The van der Waals surface area contributed by atoms with Crippen LogP contribution in [-0.2, 0) is 0 Å². The monoisotopic (exact) mass is 848 g/mol. The molecule has 0 aliphatic heterocycles. The predicted molar refractivity (Wildman–Crippen MR) is 228 cm³/mol. The Labute approximate surface area is 340 Å². The molecule has 0 saturated heterocycles. The van der Waals surface area contributed by atoms with E-state index in [0.29, 0.717) is 56.3 Å². The molecule has 6 rings (SSSR count). The van der Waals surface area contributed by atoms with Gasteiger partial charge in [0.2, 0.25) is 0 Å². The molecule has 2 atom stereocenters. The van der Waals surface area contributed by atoms with E-state index in [1.54, 1.807) is 74.9 Å². The maximum Gasteiger partial charge on any atom is 0.266 e. The number of aromatic nitrogens is 4. The van der Waals surface area contributed by atoms with Gasteiger partial charge in [0.05, 0.1) is 58.3 Å². The van der Waals surface area contributed by atoms with Crippen molar-refractivity contribution in [1.29, 1.82) is 0 Å². The third kappa shape index (κ3) is 11.7. The number of fused-ring (bicyclic) bond motifs is 2. The minimum atomic E-state index is -0.356. The van der Waals surface area contributed by atoms with Crippen molar-refractivity contribution in [3.63, 3.8) is 0 Å². The van der Waals surface area contributed by atoms with Crippen LogP contribution in [0.15, 0.2) is 94.5 Å². The van der Waals surface area contributed by atoms with Crippen molar-refractivity contribution >= 4 is 37.7 Å². The molecule has 2 heterocycles. The predicted octanol–water partition coefficient (Wildman–Crippen LogP) is 6.24. The van der Waals surface area contributed by atoms with Crippen molar-refractivity contribution in [3.05, 3.63) is 129 Å². The number of hydrogen-bond acceptors (Lipinski definition) is 10. The number of likely N-dealkylation sites (N-methyl/N-ethyl adjacent to an activating group) is 2. The minimum absolute atomic E-state index is 0.147. The maximum absolute atomic E-state index is 13.4. The van der Waals surface area contributed by atoms with E-state index in [1.165, 1.54) is 33.4 Å². The summed E-state index contributed by atoms with van der Waals surface area (Å²) < 4.78 is 40.1. The van der Waals surface area contributed by atoms with Gasteiger partial charge < -0.3 is 30.3 Å². The summed E-state index contributed by atoms with van der Waals surface area (Å²) in [5.41, 5.74) is 7.08. The van der Waals surface area contributed by atoms with Gasteiger partial charge in [-0.25, -0.2) is 18.7 Å². The highest BCUT2D eigenvalue weighted by Crippen LogP contribution is 2.26. The highest BCUT2D eigenvalue weighted by Gasteiger charge is 2.19. The molecule has 0 aliphatic carbocycles. The smallest absolute Gasteiger partial charge is 0.266 e. The zero-order valence-electron chi connectivity index (χ0n) is 33.6. The number of hydrogen-bond donors (Lipinski definition) is 2. The summed E-state index contributed by atoms with van der Waals surface area (Å²) in [4.78, 5) is 39.6. The van der Waals surface area contributed by atoms with Gasteiger partial charge in [0.15, 0.2) is 0 Å². The van der Waals surface area contributed by atoms with Crippen LogP contribution < -0.4 is 31.6 Å². The lowest BCUT2D eigenvalue weighted by Crippen LogP contribution is -2.33. The third-order valence-corrected chi connectivity index (χ3v) is 9.11. The lowest BCUT2D eigenvalue weighted by atomic mass is 10.2. The number of rotatable bonds is 12. The van der Waals surface area contributed by atoms with Crippen LogP contribution in [0.2, 0.25) is 0 Å². The van der Waals surface area contributed by atoms with Crippen molar-refractivity contribution in [1.82, 2.24) is 34.2 Å². The normalized spacial score (nSPS) is 12.2. The van der Waals surface area contributed by atoms with E-state index in [4.69, 9.17) is 20.2 Å². The van der Waals surface area contributed by atoms with E-state index in [0.717, 1.165) is 26.2 Å². The molecular weight excluding hydrogens is 798 g/mol. The number of nitrogens with two attached hydrogens (primary N) is 1. The Bertz CT molecular complexity index is 2350. The second-order valence-corrected chi connectivity index (χ2v) is 15.0. The Kier molecular flexibility index (Phi) is 16.4. The van der Waals surface area contributed by atoms with Crippen LogP contribution >= 0.6 is 15.9 Å². The molecular formula is C42H51BrF2N8O4. The van der Waals surface area contributed by atoms with Crippen molar-refractivity contribution in [2.75, 3.05) is 68.6 Å². The Morgan fingerprint density at radius 1 is 0.702 bits per heavy atom. The number of halogens is 3. The summed E-state index contributed by atoms with van der Waals surface area (Å²) in [5.74, 6) is 1.59. The van der Waals surface area contributed by atoms with Crippen LogP contribution in [0, 0.1) is 11.6 Å². The molecule has 0 radical (unpaired) electrons. The van der Waals surface area contributed by atoms with Crippen LogP contribution in [0.5, 0.6) is 11.5 Å². The van der Waals surface area contributed by atoms with E-state index in [9.17, 15) is 18.4 Å². The second-order valence-electron chi connectivity index (χ2n) is 13.6. The maximum atomic E-state index is 13.4. The van der Waals surface area contributed by atoms with Crippen molar-refractivity contribution in [2.24, 2.45) is 5.73 Å². The molecule has 0 bridgehead atoms. The summed E-state index contributed by atoms with van der Waals surface area (Å²) in [5, 5.41) is 4.30. The van der Waals surface area contributed by atoms with E-state index >= 15 is 0 Å². The zero-order chi connectivity index (χ0) is 41.8. The lowest BCUT2D eigenvalue weighted by molar-refractivity contribution is 0.385. The summed E-state index contributed by atoms with van der Waals surface area (Å²) in [7, 11) is 11.1. The van der Waals surface area contributed by atoms with Gasteiger partial charge in [-0.1, -0.05) is 15.9 Å². The first kappa shape index (κ1) is 44.7. The lowest BCUT2D eigenvalue weighted by Gasteiger charge is -2.20. The van der Waals surface area contributed by atoms with Crippen molar-refractivity contribution < 1.29 is 18.3 Å². The molecule has 57 heavy (non-hydrogen) atoms. The average Bonchev–Trinajstić information content (AvgIpc) is 3.18. The Balaban J connectivity index is 0.000000224. The Morgan fingerprint density at radius 3 is 1.49 bits per heavy atom. The van der Waals surface area contributed by atoms with Gasteiger partial charge in [0, 0.05) is 26.2 Å². The number of ether oxygens (including phenoxy) is 2. The van der Waals surface area contributed by atoms with Crippen LogP contribution in [0.1, 0.15) is 36.4 Å². The number of nitrogens with one attached hydrogen (secondary N) is 1. The van der Waals surface area contributed by atoms with Gasteiger partial charge in [-0.05, 0) is 127 Å². The molecule has 0 amide bonds. The molecule has 3 N–H and O–H groups in total. The van der Waals surface area contributed by atoms with Gasteiger partial charge in [-0.15, -0.1) is 0 Å². The van der Waals surface area contributed by atoms with Gasteiger partial charge in [-0.3, -0.25) is 18.7 Å². The Morgan fingerprint density at radius 2 is 1.12 bits per heavy atom. The van der Waals surface area contributed by atoms with Crippen LogP contribution in [-0.4, -0.2) is 97.5 Å². The van der Waals surface area contributed by atoms with Crippen LogP contribution in [0.4, 0.5) is 8.78 Å². The molecule has 15 heteroatoms. The largest absolute Gasteiger partial charge is 0.497 e. The van der Waals surface area contributed by atoms with Gasteiger partial charge in [-0.2, -0.15) is 0 Å². The topological polar surface area (TPSA) is 133 Å². The number of nitrogens with zero attached hydrogens (tertiary/aromatic N) is 6. The summed E-state index contributed by atoms with van der Waals surface area (Å²) in [6, 6.07) is 21.8. The Hall–Kier alpha value is -5.06. The summed E-state index contributed by atoms with van der Waals surface area (Å²) in [6.07, 6.45) is 0.